The van der Waals surface area contributed by atoms with Crippen LogP contribution in [0.4, 0.5) is 5.82 Å². The van der Waals surface area contributed by atoms with Gasteiger partial charge < -0.3 is 5.32 Å². The molecular weight excluding hydrogens is 349 g/mol. The Morgan fingerprint density at radius 1 is 1.12 bits per heavy atom. The Morgan fingerprint density at radius 3 is 2.62 bits per heavy atom. The maximum Gasteiger partial charge on any atom is 0.258 e. The van der Waals surface area contributed by atoms with E-state index in [2.05, 4.69) is 20.4 Å². The summed E-state index contributed by atoms with van der Waals surface area (Å²) in [5, 5.41) is 7.78. The van der Waals surface area contributed by atoms with Crippen molar-refractivity contribution >= 4 is 34.9 Å². The van der Waals surface area contributed by atoms with Gasteiger partial charge in [-0.25, -0.2) is 14.6 Å². The molecule has 0 fully saturated rings. The molecule has 0 radical (unpaired) electrons. The van der Waals surface area contributed by atoms with Crippen molar-refractivity contribution in [2.75, 3.05) is 5.32 Å². The molecule has 8 heteroatoms. The molecule has 1 amide bonds. The molecular formula is C16H13Cl2N5O. The molecule has 0 saturated heterocycles. The average Bonchev–Trinajstić information content (AvgIpc) is 2.88. The van der Waals surface area contributed by atoms with Crippen molar-refractivity contribution < 1.29 is 4.79 Å². The van der Waals surface area contributed by atoms with Gasteiger partial charge in [-0.05, 0) is 38.1 Å². The third-order valence-corrected chi connectivity index (χ3v) is 3.86. The largest absolute Gasteiger partial charge is 0.306 e. The number of hydrogen-bond acceptors (Lipinski definition) is 4. The first-order chi connectivity index (χ1) is 11.4. The normalized spacial score (nSPS) is 10.7. The van der Waals surface area contributed by atoms with Crippen LogP contribution in [0.1, 0.15) is 21.7 Å². The van der Waals surface area contributed by atoms with Crippen LogP contribution in [0.15, 0.2) is 36.7 Å². The van der Waals surface area contributed by atoms with Crippen molar-refractivity contribution in [1.82, 2.24) is 19.7 Å². The van der Waals surface area contributed by atoms with Gasteiger partial charge in [0.1, 0.15) is 12.1 Å². The van der Waals surface area contributed by atoms with Crippen LogP contribution in [0, 0.1) is 13.8 Å². The Hall–Kier alpha value is -2.44. The molecule has 2 heterocycles. The van der Waals surface area contributed by atoms with Crippen LogP contribution in [0.2, 0.25) is 10.0 Å². The standard InChI is InChI=1S/C16H13Cl2N5O/c1-9-5-10(2)23(22-9)15-7-14(19-8-20-15)21-16(24)12-6-11(17)3-4-13(12)18/h3-8H,1-2H3,(H,19,20,21,24). The summed E-state index contributed by atoms with van der Waals surface area (Å²) < 4.78 is 1.68. The zero-order chi connectivity index (χ0) is 17.3. The monoisotopic (exact) mass is 361 g/mol. The SMILES string of the molecule is Cc1cc(C)n(-c2cc(NC(=O)c3cc(Cl)ccc3Cl)ncn2)n1. The molecule has 0 aliphatic rings. The number of hydrogen-bond donors (Lipinski definition) is 1. The van der Waals surface area contributed by atoms with Gasteiger partial charge >= 0.3 is 0 Å². The molecule has 0 aliphatic carbocycles. The zero-order valence-electron chi connectivity index (χ0n) is 12.9. The molecule has 24 heavy (non-hydrogen) atoms. The third-order valence-electron chi connectivity index (χ3n) is 3.29. The quantitative estimate of drug-likeness (QED) is 0.768. The van der Waals surface area contributed by atoms with E-state index in [1.165, 1.54) is 12.4 Å². The first-order valence-corrected chi connectivity index (χ1v) is 7.82. The highest BCUT2D eigenvalue weighted by Crippen LogP contribution is 2.22. The van der Waals surface area contributed by atoms with Crippen molar-refractivity contribution in [2.24, 2.45) is 0 Å². The van der Waals surface area contributed by atoms with Gasteiger partial charge in [0.15, 0.2) is 5.82 Å². The highest BCUT2D eigenvalue weighted by molar-refractivity contribution is 6.36. The first kappa shape index (κ1) is 16.4. The lowest BCUT2D eigenvalue weighted by atomic mass is 10.2. The number of anilines is 1. The highest BCUT2D eigenvalue weighted by Gasteiger charge is 2.13. The lowest BCUT2D eigenvalue weighted by Crippen LogP contribution is -2.14. The van der Waals surface area contributed by atoms with Crippen molar-refractivity contribution in [3.05, 3.63) is 63.7 Å². The van der Waals surface area contributed by atoms with Gasteiger partial charge in [0.05, 0.1) is 16.3 Å². The molecule has 0 unspecified atom stereocenters. The molecule has 6 nitrogen and oxygen atoms in total. The zero-order valence-corrected chi connectivity index (χ0v) is 14.4. The Bertz CT molecular complexity index is 923. The minimum atomic E-state index is -0.402. The van der Waals surface area contributed by atoms with Crippen molar-refractivity contribution in [2.45, 2.75) is 13.8 Å². The number of aromatic nitrogens is 4. The Morgan fingerprint density at radius 2 is 1.92 bits per heavy atom. The molecule has 0 bridgehead atoms. The number of carbonyl (C=O) groups is 1. The topological polar surface area (TPSA) is 72.7 Å². The molecule has 0 atom stereocenters. The summed E-state index contributed by atoms with van der Waals surface area (Å²) in [5.74, 6) is 0.497. The van der Waals surface area contributed by atoms with E-state index in [1.807, 2.05) is 19.9 Å². The van der Waals surface area contributed by atoms with Crippen LogP contribution in [-0.4, -0.2) is 25.7 Å². The van der Waals surface area contributed by atoms with E-state index in [0.717, 1.165) is 11.4 Å². The minimum Gasteiger partial charge on any atom is -0.306 e. The van der Waals surface area contributed by atoms with E-state index >= 15 is 0 Å². The number of rotatable bonds is 3. The second-order valence-electron chi connectivity index (χ2n) is 5.18. The van der Waals surface area contributed by atoms with Crippen LogP contribution in [-0.2, 0) is 0 Å². The van der Waals surface area contributed by atoms with Crippen molar-refractivity contribution in [3.8, 4) is 5.82 Å². The van der Waals surface area contributed by atoms with Gasteiger partial charge in [0.2, 0.25) is 0 Å². The van der Waals surface area contributed by atoms with Crippen LogP contribution < -0.4 is 5.32 Å². The van der Waals surface area contributed by atoms with Crippen LogP contribution >= 0.6 is 23.2 Å². The lowest BCUT2D eigenvalue weighted by molar-refractivity contribution is 0.102. The van der Waals surface area contributed by atoms with Gasteiger partial charge in [-0.1, -0.05) is 23.2 Å². The van der Waals surface area contributed by atoms with E-state index < -0.39 is 5.91 Å². The fraction of sp³-hybridized carbons (Fsp3) is 0.125. The minimum absolute atomic E-state index is 0.274. The van der Waals surface area contributed by atoms with E-state index in [1.54, 1.807) is 22.9 Å². The number of halogens is 2. The average molecular weight is 362 g/mol. The highest BCUT2D eigenvalue weighted by atomic mass is 35.5. The molecule has 3 aromatic rings. The maximum absolute atomic E-state index is 12.4. The van der Waals surface area contributed by atoms with Gasteiger partial charge in [-0.3, -0.25) is 4.79 Å². The summed E-state index contributed by atoms with van der Waals surface area (Å²) in [6.45, 7) is 3.82. The van der Waals surface area contributed by atoms with Crippen LogP contribution in [0.5, 0.6) is 0 Å². The Labute approximate surface area is 148 Å². The summed E-state index contributed by atoms with van der Waals surface area (Å²) in [6.07, 6.45) is 1.36. The van der Waals surface area contributed by atoms with Gasteiger partial charge in [-0.2, -0.15) is 5.10 Å². The Kier molecular flexibility index (Phi) is 4.51. The summed E-state index contributed by atoms with van der Waals surface area (Å²) in [4.78, 5) is 20.6. The fourth-order valence-corrected chi connectivity index (χ4v) is 2.62. The fourth-order valence-electron chi connectivity index (χ4n) is 2.25. The number of nitrogens with one attached hydrogen (secondary N) is 1. The number of carbonyl (C=O) groups excluding carboxylic acids is 1. The molecule has 1 N–H and O–H groups in total. The predicted octanol–water partition coefficient (Wildman–Crippen LogP) is 3.84. The number of amides is 1. The second kappa shape index (κ2) is 6.59. The smallest absolute Gasteiger partial charge is 0.258 e. The first-order valence-electron chi connectivity index (χ1n) is 7.06. The summed E-state index contributed by atoms with van der Waals surface area (Å²) in [5.41, 5.74) is 2.08. The number of aryl methyl sites for hydroxylation is 2. The molecule has 3 rings (SSSR count). The van der Waals surface area contributed by atoms with E-state index in [-0.39, 0.29) is 5.56 Å². The molecule has 0 saturated carbocycles. The third kappa shape index (κ3) is 3.39. The Balaban J connectivity index is 1.88. The molecule has 0 spiro atoms. The van der Waals surface area contributed by atoms with Gasteiger partial charge in [0, 0.05) is 16.8 Å². The van der Waals surface area contributed by atoms with Crippen molar-refractivity contribution in [3.63, 3.8) is 0 Å². The molecule has 2 aromatic heterocycles. The second-order valence-corrected chi connectivity index (χ2v) is 6.02. The summed E-state index contributed by atoms with van der Waals surface area (Å²) in [6, 6.07) is 8.26. The van der Waals surface area contributed by atoms with Crippen LogP contribution in [0.3, 0.4) is 0 Å². The summed E-state index contributed by atoms with van der Waals surface area (Å²) in [7, 11) is 0. The van der Waals surface area contributed by atoms with Crippen LogP contribution in [0.25, 0.3) is 5.82 Å². The number of nitrogens with zero attached hydrogens (tertiary/aromatic N) is 4. The van der Waals surface area contributed by atoms with E-state index in [4.69, 9.17) is 23.2 Å². The van der Waals surface area contributed by atoms with Crippen molar-refractivity contribution in [1.29, 1.82) is 0 Å². The number of benzene rings is 1. The predicted molar refractivity (Wildman–Crippen MR) is 93.0 cm³/mol. The van der Waals surface area contributed by atoms with E-state index in [9.17, 15) is 4.79 Å². The van der Waals surface area contributed by atoms with Gasteiger partial charge in [-0.15, -0.1) is 0 Å². The summed E-state index contributed by atoms with van der Waals surface area (Å²) >= 11 is 12.0. The van der Waals surface area contributed by atoms with Gasteiger partial charge in [0.25, 0.3) is 5.91 Å². The maximum atomic E-state index is 12.4. The molecule has 122 valence electrons. The lowest BCUT2D eigenvalue weighted by Gasteiger charge is -2.08. The van der Waals surface area contributed by atoms with E-state index in [0.29, 0.717) is 21.7 Å². The molecule has 1 aromatic carbocycles. The molecule has 0 aliphatic heterocycles.